The van der Waals surface area contributed by atoms with E-state index in [2.05, 4.69) is 19.2 Å². The molecule has 3 N–H and O–H groups in total. The maximum Gasteiger partial charge on any atom is 0.223 e. The molecule has 0 saturated carbocycles. The first kappa shape index (κ1) is 12.4. The van der Waals surface area contributed by atoms with Gasteiger partial charge in [-0.25, -0.2) is 0 Å². The normalized spacial score (nSPS) is 13.0. The van der Waals surface area contributed by atoms with Gasteiger partial charge in [-0.15, -0.1) is 0 Å². The Morgan fingerprint density at radius 1 is 1.38 bits per heavy atom. The fraction of sp³-hybridized carbons (Fsp3) is 0.900. The lowest BCUT2D eigenvalue weighted by Crippen LogP contribution is -2.30. The summed E-state index contributed by atoms with van der Waals surface area (Å²) < 4.78 is 0. The molecule has 0 spiro atoms. The van der Waals surface area contributed by atoms with Gasteiger partial charge in [-0.05, 0) is 25.3 Å². The SMILES string of the molecule is CNC(=O)[C@H](CCCCN)C(C)C. The van der Waals surface area contributed by atoms with E-state index in [-0.39, 0.29) is 11.8 Å². The second kappa shape index (κ2) is 6.89. The Morgan fingerprint density at radius 3 is 2.38 bits per heavy atom. The number of unbranched alkanes of at least 4 members (excludes halogenated alkanes) is 1. The van der Waals surface area contributed by atoms with E-state index in [9.17, 15) is 4.79 Å². The molecule has 0 aliphatic rings. The zero-order valence-corrected chi connectivity index (χ0v) is 8.97. The van der Waals surface area contributed by atoms with Gasteiger partial charge in [0.1, 0.15) is 0 Å². The van der Waals surface area contributed by atoms with Gasteiger partial charge in [0, 0.05) is 13.0 Å². The Labute approximate surface area is 81.1 Å². The lowest BCUT2D eigenvalue weighted by Gasteiger charge is -2.18. The first-order valence-electron chi connectivity index (χ1n) is 5.05. The van der Waals surface area contributed by atoms with E-state index in [4.69, 9.17) is 5.73 Å². The van der Waals surface area contributed by atoms with E-state index < -0.39 is 0 Å². The minimum Gasteiger partial charge on any atom is -0.359 e. The minimum atomic E-state index is 0.150. The van der Waals surface area contributed by atoms with Gasteiger partial charge in [0.2, 0.25) is 5.91 Å². The van der Waals surface area contributed by atoms with Gasteiger partial charge < -0.3 is 11.1 Å². The average Bonchev–Trinajstić information content (AvgIpc) is 2.11. The molecule has 78 valence electrons. The third kappa shape index (κ3) is 4.88. The van der Waals surface area contributed by atoms with Gasteiger partial charge >= 0.3 is 0 Å². The molecule has 0 aliphatic heterocycles. The Morgan fingerprint density at radius 2 is 2.00 bits per heavy atom. The van der Waals surface area contributed by atoms with Crippen LogP contribution in [0, 0.1) is 11.8 Å². The first-order valence-corrected chi connectivity index (χ1v) is 5.05. The van der Waals surface area contributed by atoms with Crippen LogP contribution in [-0.2, 0) is 4.79 Å². The number of hydrogen-bond donors (Lipinski definition) is 2. The lowest BCUT2D eigenvalue weighted by atomic mass is 9.90. The predicted octanol–water partition coefficient (Wildman–Crippen LogP) is 1.13. The third-order valence-electron chi connectivity index (χ3n) is 2.36. The van der Waals surface area contributed by atoms with Crippen molar-refractivity contribution in [3.63, 3.8) is 0 Å². The van der Waals surface area contributed by atoms with E-state index in [0.717, 1.165) is 25.8 Å². The Kier molecular flexibility index (Phi) is 6.59. The smallest absolute Gasteiger partial charge is 0.223 e. The van der Waals surface area contributed by atoms with Crippen molar-refractivity contribution in [3.8, 4) is 0 Å². The molecule has 13 heavy (non-hydrogen) atoms. The highest BCUT2D eigenvalue weighted by atomic mass is 16.1. The van der Waals surface area contributed by atoms with Crippen molar-refractivity contribution >= 4 is 5.91 Å². The summed E-state index contributed by atoms with van der Waals surface area (Å²) in [5.74, 6) is 0.723. The summed E-state index contributed by atoms with van der Waals surface area (Å²) >= 11 is 0. The standard InChI is InChI=1S/C10H22N2O/c1-8(2)9(10(13)12-3)6-4-5-7-11/h8-9H,4-7,11H2,1-3H3,(H,12,13)/t9-/m1/s1. The van der Waals surface area contributed by atoms with Crippen LogP contribution in [0.3, 0.4) is 0 Å². The minimum absolute atomic E-state index is 0.150. The zero-order valence-electron chi connectivity index (χ0n) is 8.97. The van der Waals surface area contributed by atoms with Gasteiger partial charge in [0.05, 0.1) is 0 Å². The van der Waals surface area contributed by atoms with Crippen molar-refractivity contribution in [2.24, 2.45) is 17.6 Å². The fourth-order valence-electron chi connectivity index (χ4n) is 1.46. The van der Waals surface area contributed by atoms with Gasteiger partial charge in [0.25, 0.3) is 0 Å². The van der Waals surface area contributed by atoms with Crippen LogP contribution in [0.25, 0.3) is 0 Å². The number of nitrogens with one attached hydrogen (secondary N) is 1. The quantitative estimate of drug-likeness (QED) is 0.611. The lowest BCUT2D eigenvalue weighted by molar-refractivity contribution is -0.126. The molecule has 0 fully saturated rings. The molecule has 3 nitrogen and oxygen atoms in total. The first-order chi connectivity index (χ1) is 6.13. The van der Waals surface area contributed by atoms with Crippen molar-refractivity contribution < 1.29 is 4.79 Å². The number of hydrogen-bond acceptors (Lipinski definition) is 2. The fourth-order valence-corrected chi connectivity index (χ4v) is 1.46. The molecule has 1 amide bonds. The molecular weight excluding hydrogens is 164 g/mol. The number of amides is 1. The monoisotopic (exact) mass is 186 g/mol. The molecule has 0 aliphatic carbocycles. The topological polar surface area (TPSA) is 55.1 Å². The van der Waals surface area contributed by atoms with Crippen molar-refractivity contribution in [2.75, 3.05) is 13.6 Å². The van der Waals surface area contributed by atoms with Crippen LogP contribution < -0.4 is 11.1 Å². The maximum absolute atomic E-state index is 11.4. The summed E-state index contributed by atoms with van der Waals surface area (Å²) in [4.78, 5) is 11.4. The molecule has 0 unspecified atom stereocenters. The highest BCUT2D eigenvalue weighted by Gasteiger charge is 2.19. The summed E-state index contributed by atoms with van der Waals surface area (Å²) in [6.07, 6.45) is 3.02. The second-order valence-electron chi connectivity index (χ2n) is 3.75. The summed E-state index contributed by atoms with van der Waals surface area (Å²) in [5.41, 5.74) is 5.40. The molecular formula is C10H22N2O. The van der Waals surface area contributed by atoms with Crippen LogP contribution >= 0.6 is 0 Å². The van der Waals surface area contributed by atoms with Gasteiger partial charge in [-0.2, -0.15) is 0 Å². The number of carbonyl (C=O) groups excluding carboxylic acids is 1. The highest BCUT2D eigenvalue weighted by molar-refractivity contribution is 5.78. The summed E-state index contributed by atoms with van der Waals surface area (Å²) in [6.45, 7) is 4.89. The summed E-state index contributed by atoms with van der Waals surface area (Å²) in [5, 5.41) is 2.70. The molecule has 0 aromatic heterocycles. The van der Waals surface area contributed by atoms with Crippen molar-refractivity contribution in [3.05, 3.63) is 0 Å². The molecule has 0 bridgehead atoms. The molecule has 0 heterocycles. The largest absolute Gasteiger partial charge is 0.359 e. The average molecular weight is 186 g/mol. The van der Waals surface area contributed by atoms with E-state index in [1.165, 1.54) is 0 Å². The Bertz CT molecular complexity index is 146. The molecule has 3 heteroatoms. The highest BCUT2D eigenvalue weighted by Crippen LogP contribution is 2.17. The molecule has 0 rings (SSSR count). The van der Waals surface area contributed by atoms with Crippen LogP contribution in [-0.4, -0.2) is 19.5 Å². The third-order valence-corrected chi connectivity index (χ3v) is 2.36. The number of rotatable bonds is 6. The Hall–Kier alpha value is -0.570. The van der Waals surface area contributed by atoms with E-state index in [0.29, 0.717) is 5.92 Å². The maximum atomic E-state index is 11.4. The van der Waals surface area contributed by atoms with Crippen LogP contribution in [0.1, 0.15) is 33.1 Å². The summed E-state index contributed by atoms with van der Waals surface area (Å²) in [7, 11) is 1.70. The van der Waals surface area contributed by atoms with Crippen LogP contribution in [0.15, 0.2) is 0 Å². The summed E-state index contributed by atoms with van der Waals surface area (Å²) in [6, 6.07) is 0. The van der Waals surface area contributed by atoms with E-state index in [1.807, 2.05) is 0 Å². The van der Waals surface area contributed by atoms with E-state index in [1.54, 1.807) is 7.05 Å². The molecule has 0 saturated heterocycles. The molecule has 0 radical (unpaired) electrons. The number of carbonyl (C=O) groups is 1. The van der Waals surface area contributed by atoms with Crippen molar-refractivity contribution in [1.29, 1.82) is 0 Å². The Balaban J connectivity index is 3.88. The second-order valence-corrected chi connectivity index (χ2v) is 3.75. The van der Waals surface area contributed by atoms with Crippen molar-refractivity contribution in [2.45, 2.75) is 33.1 Å². The van der Waals surface area contributed by atoms with Crippen LogP contribution in [0.5, 0.6) is 0 Å². The molecule has 1 atom stereocenters. The zero-order chi connectivity index (χ0) is 10.3. The molecule has 0 aromatic carbocycles. The van der Waals surface area contributed by atoms with Crippen molar-refractivity contribution in [1.82, 2.24) is 5.32 Å². The van der Waals surface area contributed by atoms with Crippen LogP contribution in [0.4, 0.5) is 0 Å². The van der Waals surface area contributed by atoms with Gasteiger partial charge in [-0.3, -0.25) is 4.79 Å². The van der Waals surface area contributed by atoms with Gasteiger partial charge in [-0.1, -0.05) is 20.3 Å². The number of nitrogens with two attached hydrogens (primary N) is 1. The predicted molar refractivity (Wildman–Crippen MR) is 55.3 cm³/mol. The molecule has 0 aromatic rings. The van der Waals surface area contributed by atoms with Gasteiger partial charge in [0.15, 0.2) is 0 Å². The van der Waals surface area contributed by atoms with Crippen LogP contribution in [0.2, 0.25) is 0 Å². The van der Waals surface area contributed by atoms with E-state index >= 15 is 0 Å².